The van der Waals surface area contributed by atoms with Gasteiger partial charge in [0.2, 0.25) is 5.91 Å². The molecule has 1 amide bonds. The Hall–Kier alpha value is -3.00. The van der Waals surface area contributed by atoms with Crippen molar-refractivity contribution < 1.29 is 9.63 Å². The molecule has 8 heteroatoms. The van der Waals surface area contributed by atoms with E-state index in [1.165, 1.54) is 5.56 Å². The highest BCUT2D eigenvalue weighted by Gasteiger charge is 2.31. The molecule has 2 aromatic rings. The molecule has 4 rings (SSSR count). The molecule has 0 unspecified atom stereocenters. The first-order valence-electron chi connectivity index (χ1n) is 11.9. The summed E-state index contributed by atoms with van der Waals surface area (Å²) in [5.41, 5.74) is 8.71. The number of nitrogens with two attached hydrogens (primary N) is 1. The number of pyridine rings is 2. The van der Waals surface area contributed by atoms with Gasteiger partial charge >= 0.3 is 0 Å². The third-order valence-corrected chi connectivity index (χ3v) is 6.76. The number of anilines is 1. The summed E-state index contributed by atoms with van der Waals surface area (Å²) in [6.07, 6.45) is 8.18. The standard InChI is InChI=1S/C25H34N6O2/c1-33-29-23(22-4-2-3-10-27-22)16-19-6-14-31(15-7-19)25(32)21-8-12-30(13-9-21)18-20-5-11-28-24(26)17-20/h2-5,10-11,17,19,21H,6-9,12-16,18H2,1H3,(H2,26,28)/b29-23+. The maximum absolute atomic E-state index is 13.1. The van der Waals surface area contributed by atoms with Gasteiger partial charge in [-0.25, -0.2) is 4.98 Å². The van der Waals surface area contributed by atoms with Gasteiger partial charge < -0.3 is 15.5 Å². The number of carbonyl (C=O) groups excluding carboxylic acids is 1. The maximum Gasteiger partial charge on any atom is 0.225 e. The average Bonchev–Trinajstić information content (AvgIpc) is 2.85. The molecule has 0 aromatic carbocycles. The van der Waals surface area contributed by atoms with Crippen LogP contribution in [0.5, 0.6) is 0 Å². The Morgan fingerprint density at radius 3 is 2.55 bits per heavy atom. The smallest absolute Gasteiger partial charge is 0.225 e. The zero-order valence-electron chi connectivity index (χ0n) is 19.4. The number of rotatable bonds is 7. The predicted octanol–water partition coefficient (Wildman–Crippen LogP) is 2.95. The van der Waals surface area contributed by atoms with Crippen molar-refractivity contribution in [2.24, 2.45) is 17.0 Å². The molecule has 176 valence electrons. The number of oxime groups is 1. The Bertz CT molecular complexity index is 935. The second-order valence-electron chi connectivity index (χ2n) is 9.05. The predicted molar refractivity (Wildman–Crippen MR) is 128 cm³/mol. The lowest BCUT2D eigenvalue weighted by atomic mass is 9.88. The summed E-state index contributed by atoms with van der Waals surface area (Å²) in [6, 6.07) is 9.77. The van der Waals surface area contributed by atoms with E-state index in [0.29, 0.717) is 17.6 Å². The summed E-state index contributed by atoms with van der Waals surface area (Å²) >= 11 is 0. The Balaban J connectivity index is 1.23. The van der Waals surface area contributed by atoms with E-state index in [-0.39, 0.29) is 5.92 Å². The average molecular weight is 451 g/mol. The van der Waals surface area contributed by atoms with Gasteiger partial charge in [-0.1, -0.05) is 11.2 Å². The third-order valence-electron chi connectivity index (χ3n) is 6.76. The minimum Gasteiger partial charge on any atom is -0.399 e. The van der Waals surface area contributed by atoms with Crippen LogP contribution < -0.4 is 5.73 Å². The van der Waals surface area contributed by atoms with E-state index in [1.54, 1.807) is 19.5 Å². The lowest BCUT2D eigenvalue weighted by Gasteiger charge is -2.37. The highest BCUT2D eigenvalue weighted by atomic mass is 16.6. The largest absolute Gasteiger partial charge is 0.399 e. The lowest BCUT2D eigenvalue weighted by Crippen LogP contribution is -2.45. The number of piperidine rings is 2. The third kappa shape index (κ3) is 6.28. The van der Waals surface area contributed by atoms with E-state index in [2.05, 4.69) is 24.9 Å². The number of aromatic nitrogens is 2. The van der Waals surface area contributed by atoms with Crippen LogP contribution in [0.15, 0.2) is 47.9 Å². The summed E-state index contributed by atoms with van der Waals surface area (Å²) in [4.78, 5) is 31.2. The van der Waals surface area contributed by atoms with E-state index in [0.717, 1.165) is 76.2 Å². The second-order valence-corrected chi connectivity index (χ2v) is 9.05. The fourth-order valence-corrected chi connectivity index (χ4v) is 4.91. The number of carbonyl (C=O) groups is 1. The highest BCUT2D eigenvalue weighted by molar-refractivity contribution is 5.98. The Labute approximate surface area is 195 Å². The van der Waals surface area contributed by atoms with Crippen LogP contribution in [0.4, 0.5) is 5.82 Å². The molecule has 33 heavy (non-hydrogen) atoms. The monoisotopic (exact) mass is 450 g/mol. The number of nitrogens with zero attached hydrogens (tertiary/aromatic N) is 5. The van der Waals surface area contributed by atoms with Crippen LogP contribution >= 0.6 is 0 Å². The van der Waals surface area contributed by atoms with E-state index in [9.17, 15) is 4.79 Å². The van der Waals surface area contributed by atoms with Crippen molar-refractivity contribution >= 4 is 17.4 Å². The first kappa shape index (κ1) is 23.2. The lowest BCUT2D eigenvalue weighted by molar-refractivity contribution is -0.138. The Morgan fingerprint density at radius 2 is 1.88 bits per heavy atom. The van der Waals surface area contributed by atoms with E-state index in [4.69, 9.17) is 10.6 Å². The fraction of sp³-hybridized carbons (Fsp3) is 0.520. The molecule has 2 aliphatic heterocycles. The number of nitrogen functional groups attached to an aromatic ring is 1. The van der Waals surface area contributed by atoms with Crippen molar-refractivity contribution in [1.29, 1.82) is 0 Å². The molecule has 8 nitrogen and oxygen atoms in total. The van der Waals surface area contributed by atoms with Gasteiger partial charge in [-0.2, -0.15) is 0 Å². The van der Waals surface area contributed by atoms with Crippen molar-refractivity contribution in [2.45, 2.75) is 38.6 Å². The Kier molecular flexibility index (Phi) is 7.88. The van der Waals surface area contributed by atoms with Crippen molar-refractivity contribution in [2.75, 3.05) is 39.0 Å². The summed E-state index contributed by atoms with van der Waals surface area (Å²) < 4.78 is 0. The highest BCUT2D eigenvalue weighted by Crippen LogP contribution is 2.27. The molecule has 0 saturated carbocycles. The van der Waals surface area contributed by atoms with Crippen molar-refractivity contribution in [3.63, 3.8) is 0 Å². The molecule has 2 fully saturated rings. The fourth-order valence-electron chi connectivity index (χ4n) is 4.91. The second kappa shape index (κ2) is 11.2. The van der Waals surface area contributed by atoms with Gasteiger partial charge in [-0.15, -0.1) is 0 Å². The van der Waals surface area contributed by atoms with Crippen LogP contribution in [0.1, 0.15) is 43.4 Å². The van der Waals surface area contributed by atoms with Gasteiger partial charge in [0.25, 0.3) is 0 Å². The molecule has 0 radical (unpaired) electrons. The van der Waals surface area contributed by atoms with Gasteiger partial charge in [0.15, 0.2) is 0 Å². The quantitative estimate of drug-likeness (QED) is 0.515. The van der Waals surface area contributed by atoms with Crippen LogP contribution in [0.3, 0.4) is 0 Å². The van der Waals surface area contributed by atoms with Crippen LogP contribution in [0.25, 0.3) is 0 Å². The van der Waals surface area contributed by atoms with E-state index >= 15 is 0 Å². The molecule has 0 atom stereocenters. The van der Waals surface area contributed by atoms with Gasteiger partial charge in [-0.3, -0.25) is 14.7 Å². The summed E-state index contributed by atoms with van der Waals surface area (Å²) in [7, 11) is 1.57. The number of amides is 1. The summed E-state index contributed by atoms with van der Waals surface area (Å²) in [5, 5.41) is 4.22. The van der Waals surface area contributed by atoms with Gasteiger partial charge in [0, 0.05) is 37.9 Å². The van der Waals surface area contributed by atoms with Gasteiger partial charge in [0.1, 0.15) is 18.6 Å². The normalized spacial score (nSPS) is 18.9. The molecule has 0 aliphatic carbocycles. The van der Waals surface area contributed by atoms with Crippen LogP contribution in [-0.4, -0.2) is 64.7 Å². The molecule has 2 N–H and O–H groups in total. The molecule has 2 saturated heterocycles. The van der Waals surface area contributed by atoms with Gasteiger partial charge in [-0.05, 0) is 80.9 Å². The molecular formula is C25H34N6O2. The SMILES string of the molecule is CO/N=C(\CC1CCN(C(=O)C2CCN(Cc3ccnc(N)c3)CC2)CC1)c1ccccn1. The van der Waals surface area contributed by atoms with Crippen LogP contribution in [-0.2, 0) is 16.2 Å². The molecule has 2 aliphatic rings. The molecule has 4 heterocycles. The number of likely N-dealkylation sites (tertiary alicyclic amines) is 2. The van der Waals surface area contributed by atoms with Crippen molar-refractivity contribution in [1.82, 2.24) is 19.8 Å². The first-order chi connectivity index (χ1) is 16.1. The zero-order valence-corrected chi connectivity index (χ0v) is 19.4. The minimum absolute atomic E-state index is 0.138. The van der Waals surface area contributed by atoms with Crippen molar-refractivity contribution in [3.05, 3.63) is 54.0 Å². The van der Waals surface area contributed by atoms with E-state index in [1.807, 2.05) is 30.3 Å². The zero-order chi connectivity index (χ0) is 23.0. The Morgan fingerprint density at radius 1 is 1.09 bits per heavy atom. The molecule has 0 bridgehead atoms. The molecule has 0 spiro atoms. The molecule has 2 aromatic heterocycles. The number of hydrogen-bond donors (Lipinski definition) is 1. The van der Waals surface area contributed by atoms with Crippen LogP contribution in [0.2, 0.25) is 0 Å². The topological polar surface area (TPSA) is 96.9 Å². The summed E-state index contributed by atoms with van der Waals surface area (Å²) in [6.45, 7) is 4.39. The minimum atomic E-state index is 0.138. The van der Waals surface area contributed by atoms with Gasteiger partial charge in [0.05, 0.1) is 5.69 Å². The van der Waals surface area contributed by atoms with E-state index < -0.39 is 0 Å². The van der Waals surface area contributed by atoms with Crippen LogP contribution in [0, 0.1) is 11.8 Å². The number of hydrogen-bond acceptors (Lipinski definition) is 7. The van der Waals surface area contributed by atoms with Crippen molar-refractivity contribution in [3.8, 4) is 0 Å². The summed E-state index contributed by atoms with van der Waals surface area (Å²) in [5.74, 6) is 1.51. The maximum atomic E-state index is 13.1. The first-order valence-corrected chi connectivity index (χ1v) is 11.9. The molecular weight excluding hydrogens is 416 g/mol.